The summed E-state index contributed by atoms with van der Waals surface area (Å²) in [6.07, 6.45) is 0.466. The molecule has 1 aliphatic heterocycles. The second-order valence-electron chi connectivity index (χ2n) is 4.61. The number of rotatable bonds is 4. The Kier molecular flexibility index (Phi) is 4.94. The van der Waals surface area contributed by atoms with Crippen LogP contribution in [0.2, 0.25) is 0 Å². The summed E-state index contributed by atoms with van der Waals surface area (Å²) in [5.74, 6) is 4.90. The first kappa shape index (κ1) is 14.8. The van der Waals surface area contributed by atoms with Gasteiger partial charge in [0.2, 0.25) is 0 Å². The lowest BCUT2D eigenvalue weighted by Crippen LogP contribution is -2.37. The fourth-order valence-electron chi connectivity index (χ4n) is 2.29. The zero-order valence-corrected chi connectivity index (χ0v) is 12.0. The topological polar surface area (TPSA) is 96.7 Å². The van der Waals surface area contributed by atoms with E-state index in [-0.39, 0.29) is 11.9 Å². The summed E-state index contributed by atoms with van der Waals surface area (Å²) in [6.45, 7) is 2.29. The number of nitrogen functional groups attached to an aromatic ring is 1. The van der Waals surface area contributed by atoms with Crippen molar-refractivity contribution < 1.29 is 14.3 Å². The number of hydrogen-bond donors (Lipinski definition) is 3. The van der Waals surface area contributed by atoms with Crippen molar-refractivity contribution in [1.82, 2.24) is 15.6 Å². The normalized spacial score (nSPS) is 18.8. The van der Waals surface area contributed by atoms with Crippen molar-refractivity contribution in [2.45, 2.75) is 19.0 Å². The third kappa shape index (κ3) is 3.47. The molecule has 0 bridgehead atoms. The Morgan fingerprint density at radius 1 is 1.60 bits per heavy atom. The van der Waals surface area contributed by atoms with Crippen LogP contribution in [0.4, 0.5) is 4.79 Å². The number of likely N-dealkylation sites (tertiary alicyclic amines) is 1. The summed E-state index contributed by atoms with van der Waals surface area (Å²) >= 11 is 1.37. The van der Waals surface area contributed by atoms with Gasteiger partial charge in [-0.15, -0.1) is 11.3 Å². The third-order valence-electron chi connectivity index (χ3n) is 3.26. The van der Waals surface area contributed by atoms with E-state index in [4.69, 9.17) is 5.84 Å². The van der Waals surface area contributed by atoms with Gasteiger partial charge in [-0.1, -0.05) is 0 Å². The molecule has 20 heavy (non-hydrogen) atoms. The van der Waals surface area contributed by atoms with E-state index in [1.165, 1.54) is 18.4 Å². The maximum Gasteiger partial charge on any atom is 0.407 e. The first-order valence-corrected chi connectivity index (χ1v) is 7.16. The van der Waals surface area contributed by atoms with Crippen LogP contribution in [0, 0.1) is 0 Å². The number of carbonyl (C=O) groups excluding carboxylic acids is 2. The molecule has 2 rings (SSSR count). The minimum Gasteiger partial charge on any atom is -0.453 e. The van der Waals surface area contributed by atoms with Crippen molar-refractivity contribution in [1.29, 1.82) is 0 Å². The van der Waals surface area contributed by atoms with Gasteiger partial charge in [0, 0.05) is 25.7 Å². The van der Waals surface area contributed by atoms with Crippen LogP contribution in [-0.4, -0.2) is 43.1 Å². The van der Waals surface area contributed by atoms with Crippen LogP contribution in [0.3, 0.4) is 0 Å². The molecular weight excluding hydrogens is 280 g/mol. The lowest BCUT2D eigenvalue weighted by atomic mass is 10.2. The van der Waals surface area contributed by atoms with Gasteiger partial charge in [0.25, 0.3) is 5.91 Å². The number of ether oxygens (including phenoxy) is 1. The third-order valence-corrected chi connectivity index (χ3v) is 4.21. The largest absolute Gasteiger partial charge is 0.453 e. The predicted octanol–water partition coefficient (Wildman–Crippen LogP) is 0.282. The summed E-state index contributed by atoms with van der Waals surface area (Å²) in [4.78, 5) is 25.6. The first-order chi connectivity index (χ1) is 9.63. The Hall–Kier alpha value is -1.64. The second-order valence-corrected chi connectivity index (χ2v) is 5.52. The Balaban J connectivity index is 1.91. The summed E-state index contributed by atoms with van der Waals surface area (Å²) < 4.78 is 4.58. The fraction of sp³-hybridized carbons (Fsp3) is 0.500. The van der Waals surface area contributed by atoms with Crippen LogP contribution in [0.1, 0.15) is 21.7 Å². The fourth-order valence-corrected chi connectivity index (χ4v) is 3.10. The summed E-state index contributed by atoms with van der Waals surface area (Å²) in [5, 5.41) is 4.66. The molecule has 1 aromatic rings. The number of hydrazine groups is 1. The van der Waals surface area contributed by atoms with Crippen LogP contribution >= 0.6 is 11.3 Å². The molecule has 0 aliphatic carbocycles. The van der Waals surface area contributed by atoms with Gasteiger partial charge in [-0.05, 0) is 23.4 Å². The molecule has 0 aromatic carbocycles. The monoisotopic (exact) mass is 298 g/mol. The van der Waals surface area contributed by atoms with E-state index in [2.05, 4.69) is 20.4 Å². The molecule has 4 N–H and O–H groups in total. The molecule has 0 radical (unpaired) electrons. The quantitative estimate of drug-likeness (QED) is 0.421. The summed E-state index contributed by atoms with van der Waals surface area (Å²) in [6, 6.07) is 2.02. The Morgan fingerprint density at radius 3 is 3.10 bits per heavy atom. The molecule has 1 atom stereocenters. The molecule has 0 spiro atoms. The molecule has 1 saturated heterocycles. The van der Waals surface area contributed by atoms with Crippen molar-refractivity contribution in [3.63, 3.8) is 0 Å². The lowest BCUT2D eigenvalue weighted by molar-refractivity contribution is 0.0956. The Labute approximate surface area is 121 Å². The van der Waals surface area contributed by atoms with Crippen molar-refractivity contribution >= 4 is 23.3 Å². The molecule has 1 aliphatic rings. The highest BCUT2D eigenvalue weighted by Crippen LogP contribution is 2.21. The molecule has 1 fully saturated rings. The van der Waals surface area contributed by atoms with Gasteiger partial charge < -0.3 is 10.1 Å². The van der Waals surface area contributed by atoms with Crippen LogP contribution in [-0.2, 0) is 11.3 Å². The molecule has 2 heterocycles. The van der Waals surface area contributed by atoms with Crippen molar-refractivity contribution in [2.75, 3.05) is 20.2 Å². The number of amides is 2. The molecule has 1 unspecified atom stereocenters. The van der Waals surface area contributed by atoms with Gasteiger partial charge >= 0.3 is 6.09 Å². The number of nitrogens with zero attached hydrogens (tertiary/aromatic N) is 1. The summed E-state index contributed by atoms with van der Waals surface area (Å²) in [5.41, 5.74) is 3.11. The van der Waals surface area contributed by atoms with Gasteiger partial charge in [0.15, 0.2) is 0 Å². The SMILES string of the molecule is COC(=O)NC1CCN(Cc2ccsc2C(=O)NN)C1. The zero-order chi connectivity index (χ0) is 14.5. The van der Waals surface area contributed by atoms with E-state index in [0.717, 1.165) is 25.1 Å². The average Bonchev–Trinajstić information content (AvgIpc) is 3.08. The molecule has 1 aromatic heterocycles. The van der Waals surface area contributed by atoms with Gasteiger partial charge in [0.05, 0.1) is 12.0 Å². The van der Waals surface area contributed by atoms with E-state index in [1.54, 1.807) is 0 Å². The molecule has 110 valence electrons. The number of alkyl carbamates (subject to hydrolysis) is 1. The highest BCUT2D eigenvalue weighted by Gasteiger charge is 2.25. The maximum atomic E-state index is 11.6. The van der Waals surface area contributed by atoms with Crippen LogP contribution in [0.25, 0.3) is 0 Å². The molecule has 7 nitrogen and oxygen atoms in total. The highest BCUT2D eigenvalue weighted by atomic mass is 32.1. The second kappa shape index (κ2) is 6.69. The van der Waals surface area contributed by atoms with Crippen LogP contribution < -0.4 is 16.6 Å². The van der Waals surface area contributed by atoms with E-state index in [9.17, 15) is 9.59 Å². The van der Waals surface area contributed by atoms with Crippen LogP contribution in [0.5, 0.6) is 0 Å². The van der Waals surface area contributed by atoms with Gasteiger partial charge in [0.1, 0.15) is 0 Å². The molecule has 0 saturated carbocycles. The minimum atomic E-state index is -0.407. The predicted molar refractivity (Wildman–Crippen MR) is 75.2 cm³/mol. The van der Waals surface area contributed by atoms with Gasteiger partial charge in [-0.25, -0.2) is 10.6 Å². The first-order valence-electron chi connectivity index (χ1n) is 6.28. The number of carbonyl (C=O) groups is 2. The van der Waals surface area contributed by atoms with E-state index >= 15 is 0 Å². The summed E-state index contributed by atoms with van der Waals surface area (Å²) in [7, 11) is 1.35. The van der Waals surface area contributed by atoms with Gasteiger partial charge in [-0.3, -0.25) is 15.1 Å². The van der Waals surface area contributed by atoms with E-state index < -0.39 is 6.09 Å². The Morgan fingerprint density at radius 2 is 2.40 bits per heavy atom. The maximum absolute atomic E-state index is 11.6. The molecule has 2 amide bonds. The number of methoxy groups -OCH3 is 1. The standard InChI is InChI=1S/C12H18N4O3S/c1-19-12(18)14-9-2-4-16(7-9)6-8-3-5-20-10(8)11(17)15-13/h3,5,9H,2,4,6-7,13H2,1H3,(H,14,18)(H,15,17). The molecule has 8 heteroatoms. The number of hydrogen-bond acceptors (Lipinski definition) is 6. The van der Waals surface area contributed by atoms with Crippen molar-refractivity contribution in [3.8, 4) is 0 Å². The Bertz CT molecular complexity index is 491. The average molecular weight is 298 g/mol. The smallest absolute Gasteiger partial charge is 0.407 e. The number of nitrogens with two attached hydrogens (primary N) is 1. The highest BCUT2D eigenvalue weighted by molar-refractivity contribution is 7.12. The van der Waals surface area contributed by atoms with Gasteiger partial charge in [-0.2, -0.15) is 0 Å². The number of nitrogens with one attached hydrogen (secondary N) is 2. The van der Waals surface area contributed by atoms with E-state index in [0.29, 0.717) is 11.4 Å². The number of thiophene rings is 1. The molecular formula is C12H18N4O3S. The van der Waals surface area contributed by atoms with Crippen LogP contribution in [0.15, 0.2) is 11.4 Å². The van der Waals surface area contributed by atoms with Crippen molar-refractivity contribution in [3.05, 3.63) is 21.9 Å². The lowest BCUT2D eigenvalue weighted by Gasteiger charge is -2.16. The zero-order valence-electron chi connectivity index (χ0n) is 11.2. The van der Waals surface area contributed by atoms with E-state index in [1.807, 2.05) is 11.4 Å². The minimum absolute atomic E-state index is 0.0906. The van der Waals surface area contributed by atoms with Crippen molar-refractivity contribution in [2.24, 2.45) is 5.84 Å².